The first kappa shape index (κ1) is 10.5. The van der Waals surface area contributed by atoms with Gasteiger partial charge in [0.2, 0.25) is 0 Å². The van der Waals surface area contributed by atoms with Gasteiger partial charge >= 0.3 is 0 Å². The van der Waals surface area contributed by atoms with Crippen molar-refractivity contribution in [2.45, 2.75) is 29.9 Å². The van der Waals surface area contributed by atoms with Crippen molar-refractivity contribution in [3.8, 4) is 0 Å². The lowest BCUT2D eigenvalue weighted by molar-refractivity contribution is 0.0967. The number of ketones is 1. The normalized spacial score (nSPS) is 19.2. The van der Waals surface area contributed by atoms with Gasteiger partial charge in [0, 0.05) is 25.2 Å². The lowest BCUT2D eigenvalue weighted by atomic mass is 9.99. The Hall–Kier alpha value is -0.0300. The van der Waals surface area contributed by atoms with E-state index in [9.17, 15) is 4.79 Å². The number of thioether (sulfide) groups is 1. The zero-order valence-electron chi connectivity index (χ0n) is 8.13. The molecule has 0 spiro atoms. The summed E-state index contributed by atoms with van der Waals surface area (Å²) in [5.74, 6) is 0.280. The van der Waals surface area contributed by atoms with E-state index >= 15 is 0 Å². The van der Waals surface area contributed by atoms with Crippen molar-refractivity contribution in [2.24, 2.45) is 0 Å². The summed E-state index contributed by atoms with van der Waals surface area (Å²) in [6.07, 6.45) is 0.644. The second-order valence-corrected chi connectivity index (χ2v) is 7.10. The minimum atomic E-state index is 0.0525. The zero-order chi connectivity index (χ0) is 10.3. The van der Waals surface area contributed by atoms with Gasteiger partial charge in [-0.25, -0.2) is 0 Å². The van der Waals surface area contributed by atoms with E-state index in [0.717, 1.165) is 14.0 Å². The summed E-state index contributed by atoms with van der Waals surface area (Å²) in [5.41, 5.74) is 0.904. The summed E-state index contributed by atoms with van der Waals surface area (Å²) in [4.78, 5) is 13.0. The van der Waals surface area contributed by atoms with Crippen LogP contribution in [0.3, 0.4) is 0 Å². The van der Waals surface area contributed by atoms with Gasteiger partial charge in [-0.3, -0.25) is 4.79 Å². The van der Waals surface area contributed by atoms with Gasteiger partial charge in [-0.15, -0.1) is 11.8 Å². The van der Waals surface area contributed by atoms with Gasteiger partial charge in [-0.05, 0) is 54.6 Å². The average molecular weight is 318 g/mol. The molecule has 0 saturated carbocycles. The highest BCUT2D eigenvalue weighted by Gasteiger charge is 2.31. The second-order valence-electron chi connectivity index (χ2n) is 4.10. The van der Waals surface area contributed by atoms with Gasteiger partial charge in [0.15, 0.2) is 5.78 Å². The van der Waals surface area contributed by atoms with Gasteiger partial charge < -0.3 is 0 Å². The lowest BCUT2D eigenvalue weighted by Crippen LogP contribution is -2.25. The molecular weight excluding hydrogens is 307 g/mol. The quantitative estimate of drug-likeness (QED) is 0.678. The number of benzene rings is 1. The number of carbonyl (C=O) groups is 1. The first-order chi connectivity index (χ1) is 6.48. The van der Waals surface area contributed by atoms with Crippen LogP contribution in [0.2, 0.25) is 0 Å². The smallest absolute Gasteiger partial charge is 0.165 e. The minimum absolute atomic E-state index is 0.0525. The fourth-order valence-electron chi connectivity index (χ4n) is 1.62. The summed E-state index contributed by atoms with van der Waals surface area (Å²) >= 11 is 4.05. The predicted octanol–water partition coefficient (Wildman–Crippen LogP) is 3.75. The van der Waals surface area contributed by atoms with Crippen LogP contribution in [0.25, 0.3) is 0 Å². The Bertz CT molecular complexity index is 398. The molecule has 1 heterocycles. The average Bonchev–Trinajstić information content (AvgIpc) is 2.05. The van der Waals surface area contributed by atoms with E-state index in [1.54, 1.807) is 11.8 Å². The van der Waals surface area contributed by atoms with Crippen molar-refractivity contribution in [3.05, 3.63) is 27.3 Å². The van der Waals surface area contributed by atoms with E-state index in [2.05, 4.69) is 48.6 Å². The van der Waals surface area contributed by atoms with Crippen LogP contribution in [0.1, 0.15) is 30.6 Å². The fraction of sp³-hybridized carbons (Fsp3) is 0.364. The predicted molar refractivity (Wildman–Crippen MR) is 68.0 cm³/mol. The molecule has 1 aliphatic rings. The molecule has 3 heteroatoms. The summed E-state index contributed by atoms with van der Waals surface area (Å²) in [6, 6.07) is 6.10. The number of Topliss-reactive ketones (excluding diaryl/α,β-unsaturated/α-hetero) is 1. The molecule has 1 aromatic carbocycles. The molecule has 0 aliphatic carbocycles. The Kier molecular flexibility index (Phi) is 2.64. The van der Waals surface area contributed by atoms with Gasteiger partial charge in [0.05, 0.1) is 0 Å². The third-order valence-electron chi connectivity index (χ3n) is 2.21. The van der Waals surface area contributed by atoms with Crippen LogP contribution < -0.4 is 0 Å². The van der Waals surface area contributed by atoms with Gasteiger partial charge in [0.25, 0.3) is 0 Å². The van der Waals surface area contributed by atoms with Crippen LogP contribution in [0.5, 0.6) is 0 Å². The molecule has 0 fully saturated rings. The van der Waals surface area contributed by atoms with Crippen molar-refractivity contribution in [1.29, 1.82) is 0 Å². The van der Waals surface area contributed by atoms with Crippen LogP contribution in [0.15, 0.2) is 23.1 Å². The van der Waals surface area contributed by atoms with E-state index in [-0.39, 0.29) is 10.5 Å². The number of rotatable bonds is 0. The Balaban J connectivity index is 2.50. The third kappa shape index (κ3) is 1.98. The van der Waals surface area contributed by atoms with Crippen molar-refractivity contribution in [2.75, 3.05) is 0 Å². The molecule has 14 heavy (non-hydrogen) atoms. The highest BCUT2D eigenvalue weighted by molar-refractivity contribution is 14.1. The van der Waals surface area contributed by atoms with E-state index < -0.39 is 0 Å². The monoisotopic (exact) mass is 318 g/mol. The Morgan fingerprint density at radius 3 is 2.86 bits per heavy atom. The minimum Gasteiger partial charge on any atom is -0.294 e. The molecule has 0 aromatic heterocycles. The van der Waals surface area contributed by atoms with E-state index in [1.165, 1.54) is 0 Å². The van der Waals surface area contributed by atoms with E-state index in [1.807, 2.05) is 6.07 Å². The molecular formula is C11H11IOS. The van der Waals surface area contributed by atoms with Crippen LogP contribution in [0.4, 0.5) is 0 Å². The van der Waals surface area contributed by atoms with Gasteiger partial charge in [0.1, 0.15) is 0 Å². The molecule has 2 rings (SSSR count). The molecule has 0 saturated heterocycles. The number of fused-ring (bicyclic) bond motifs is 1. The number of hydrogen-bond acceptors (Lipinski definition) is 2. The topological polar surface area (TPSA) is 17.1 Å². The molecule has 0 amide bonds. The SMILES string of the molecule is CC1(C)CC(=O)c2cc(I)ccc2S1. The number of carbonyl (C=O) groups excluding carboxylic acids is 1. The van der Waals surface area contributed by atoms with Crippen LogP contribution in [-0.4, -0.2) is 10.5 Å². The maximum absolute atomic E-state index is 11.8. The van der Waals surface area contributed by atoms with Crippen LogP contribution in [0, 0.1) is 3.57 Å². The van der Waals surface area contributed by atoms with Crippen LogP contribution >= 0.6 is 34.4 Å². The molecule has 1 nitrogen and oxygen atoms in total. The Morgan fingerprint density at radius 2 is 2.14 bits per heavy atom. The molecule has 0 bridgehead atoms. The number of halogens is 1. The standard InChI is InChI=1S/C11H11IOS/c1-11(2)6-9(13)8-5-7(12)3-4-10(8)14-11/h3-5H,6H2,1-2H3. The van der Waals surface area contributed by atoms with Gasteiger partial charge in [-0.1, -0.05) is 0 Å². The lowest BCUT2D eigenvalue weighted by Gasteiger charge is -2.29. The summed E-state index contributed by atoms with van der Waals surface area (Å²) in [5, 5.41) is 0. The van der Waals surface area contributed by atoms with Crippen molar-refractivity contribution < 1.29 is 4.79 Å². The molecule has 0 unspecified atom stereocenters. The highest BCUT2D eigenvalue weighted by Crippen LogP contribution is 2.42. The maximum Gasteiger partial charge on any atom is 0.165 e. The van der Waals surface area contributed by atoms with Gasteiger partial charge in [-0.2, -0.15) is 0 Å². The molecule has 0 atom stereocenters. The fourth-order valence-corrected chi connectivity index (χ4v) is 3.33. The molecule has 1 aliphatic heterocycles. The van der Waals surface area contributed by atoms with Crippen molar-refractivity contribution in [1.82, 2.24) is 0 Å². The third-order valence-corrected chi connectivity index (χ3v) is 4.16. The molecule has 0 N–H and O–H groups in total. The molecule has 74 valence electrons. The largest absolute Gasteiger partial charge is 0.294 e. The zero-order valence-corrected chi connectivity index (χ0v) is 11.1. The van der Waals surface area contributed by atoms with Crippen LogP contribution in [-0.2, 0) is 0 Å². The molecule has 0 radical (unpaired) electrons. The summed E-state index contributed by atoms with van der Waals surface area (Å²) in [7, 11) is 0. The maximum atomic E-state index is 11.8. The Morgan fingerprint density at radius 1 is 1.43 bits per heavy atom. The van der Waals surface area contributed by atoms with E-state index in [0.29, 0.717) is 6.42 Å². The van der Waals surface area contributed by atoms with E-state index in [4.69, 9.17) is 0 Å². The number of hydrogen-bond donors (Lipinski definition) is 0. The van der Waals surface area contributed by atoms with Crippen molar-refractivity contribution >= 4 is 40.1 Å². The first-order valence-electron chi connectivity index (χ1n) is 4.50. The summed E-state index contributed by atoms with van der Waals surface area (Å²) < 4.78 is 1.19. The summed E-state index contributed by atoms with van der Waals surface area (Å²) in [6.45, 7) is 4.24. The van der Waals surface area contributed by atoms with Crippen molar-refractivity contribution in [3.63, 3.8) is 0 Å². The second kappa shape index (κ2) is 3.52. The highest BCUT2D eigenvalue weighted by atomic mass is 127. The molecule has 1 aromatic rings. The first-order valence-corrected chi connectivity index (χ1v) is 6.39. The Labute approximate surface area is 102 Å².